The van der Waals surface area contributed by atoms with Crippen LogP contribution >= 0.6 is 0 Å². The number of carbonyl (C=O) groups is 2. The first-order chi connectivity index (χ1) is 22.4. The minimum atomic E-state index is -0.792. The van der Waals surface area contributed by atoms with Crippen LogP contribution < -0.4 is 9.47 Å². The lowest BCUT2D eigenvalue weighted by atomic mass is 10.0. The van der Waals surface area contributed by atoms with Gasteiger partial charge in [-0.2, -0.15) is 0 Å². The second-order valence-corrected chi connectivity index (χ2v) is 12.2. The van der Waals surface area contributed by atoms with Crippen molar-refractivity contribution in [1.29, 1.82) is 0 Å². The molecule has 0 spiro atoms. The molecule has 0 bridgehead atoms. The van der Waals surface area contributed by atoms with Gasteiger partial charge in [0.2, 0.25) is 0 Å². The average Bonchev–Trinajstić information content (AvgIpc) is 3.06. The zero-order chi connectivity index (χ0) is 33.0. The molecule has 0 N–H and O–H groups in total. The van der Waals surface area contributed by atoms with Crippen molar-refractivity contribution < 1.29 is 28.2 Å². The predicted octanol–water partition coefficient (Wildman–Crippen LogP) is 11.5. The number of carbonyl (C=O) groups excluding carboxylic acids is 2. The first-order valence-corrected chi connectivity index (χ1v) is 17.5. The molecule has 0 aliphatic rings. The zero-order valence-corrected chi connectivity index (χ0v) is 28.2. The van der Waals surface area contributed by atoms with E-state index in [2.05, 4.69) is 13.8 Å². The molecular formula is C40H53FO5. The fraction of sp³-hybridized carbons (Fsp3) is 0.500. The van der Waals surface area contributed by atoms with Gasteiger partial charge in [0.05, 0.1) is 23.8 Å². The highest BCUT2D eigenvalue weighted by atomic mass is 19.1. The molecule has 0 aliphatic heterocycles. The maximum atomic E-state index is 14.7. The molecule has 3 aromatic rings. The summed E-state index contributed by atoms with van der Waals surface area (Å²) in [5.74, 6) is -1.26. The largest absolute Gasteiger partial charge is 0.494 e. The third-order valence-corrected chi connectivity index (χ3v) is 8.22. The fourth-order valence-electron chi connectivity index (χ4n) is 5.38. The second kappa shape index (κ2) is 21.2. The van der Waals surface area contributed by atoms with Crippen LogP contribution in [0.1, 0.15) is 138 Å². The molecule has 0 aromatic heterocycles. The van der Waals surface area contributed by atoms with E-state index in [1.165, 1.54) is 69.9 Å². The van der Waals surface area contributed by atoms with Crippen LogP contribution in [0.15, 0.2) is 66.7 Å². The molecule has 0 radical (unpaired) electrons. The molecule has 3 aromatic carbocycles. The van der Waals surface area contributed by atoms with Crippen LogP contribution in [-0.4, -0.2) is 24.6 Å². The molecule has 3 rings (SSSR count). The molecule has 0 heterocycles. The SMILES string of the molecule is CCCCCCCCCCCCOc1ccc(-c2ccc(C(=O)Oc3ccc(C(=O)O[C@H](C)CCCCCC)c(F)c3)cc2)cc1. The van der Waals surface area contributed by atoms with Gasteiger partial charge in [-0.1, -0.05) is 115 Å². The maximum Gasteiger partial charge on any atom is 0.343 e. The van der Waals surface area contributed by atoms with Gasteiger partial charge in [0.15, 0.2) is 0 Å². The van der Waals surface area contributed by atoms with Gasteiger partial charge in [0.25, 0.3) is 0 Å². The summed E-state index contributed by atoms with van der Waals surface area (Å²) in [6, 6.07) is 18.7. The molecule has 0 fully saturated rings. The van der Waals surface area contributed by atoms with Crippen LogP contribution in [-0.2, 0) is 4.74 Å². The average molecular weight is 633 g/mol. The smallest absolute Gasteiger partial charge is 0.343 e. The van der Waals surface area contributed by atoms with Crippen LogP contribution in [0, 0.1) is 5.82 Å². The van der Waals surface area contributed by atoms with Gasteiger partial charge in [-0.15, -0.1) is 0 Å². The summed E-state index contributed by atoms with van der Waals surface area (Å²) >= 11 is 0. The summed E-state index contributed by atoms with van der Waals surface area (Å²) in [5.41, 5.74) is 2.11. The lowest BCUT2D eigenvalue weighted by Crippen LogP contribution is -2.16. The van der Waals surface area contributed by atoms with Gasteiger partial charge < -0.3 is 14.2 Å². The van der Waals surface area contributed by atoms with Gasteiger partial charge in [-0.25, -0.2) is 14.0 Å². The van der Waals surface area contributed by atoms with E-state index in [1.807, 2.05) is 43.3 Å². The van der Waals surface area contributed by atoms with E-state index >= 15 is 0 Å². The third-order valence-electron chi connectivity index (χ3n) is 8.22. The van der Waals surface area contributed by atoms with Gasteiger partial charge in [0.1, 0.15) is 17.3 Å². The Morgan fingerprint density at radius 3 is 1.74 bits per heavy atom. The highest BCUT2D eigenvalue weighted by molar-refractivity contribution is 5.92. The van der Waals surface area contributed by atoms with Crippen LogP contribution in [0.4, 0.5) is 4.39 Å². The summed E-state index contributed by atoms with van der Waals surface area (Å²) < 4.78 is 31.4. The molecule has 0 amide bonds. The summed E-state index contributed by atoms with van der Waals surface area (Å²) in [7, 11) is 0. The first-order valence-electron chi connectivity index (χ1n) is 17.5. The standard InChI is InChI=1S/C40H53FO5/c1-4-6-8-10-11-12-13-14-15-17-29-44-35-25-23-33(24-26-35)32-19-21-34(22-20-32)39(42)46-36-27-28-37(38(41)30-36)40(43)45-31(3)18-16-9-7-5-2/h19-28,30-31H,4-18,29H2,1-3H3/t31-/m1/s1. The molecule has 5 nitrogen and oxygen atoms in total. The number of rotatable bonds is 22. The third kappa shape index (κ3) is 13.4. The molecule has 0 aliphatic carbocycles. The van der Waals surface area contributed by atoms with Gasteiger partial charge in [0, 0.05) is 6.07 Å². The van der Waals surface area contributed by atoms with Crippen molar-refractivity contribution >= 4 is 11.9 Å². The lowest BCUT2D eigenvalue weighted by Gasteiger charge is -2.14. The van der Waals surface area contributed by atoms with Crippen LogP contribution in [0.3, 0.4) is 0 Å². The molecule has 46 heavy (non-hydrogen) atoms. The Balaban J connectivity index is 1.40. The molecule has 0 unspecified atom stereocenters. The summed E-state index contributed by atoms with van der Waals surface area (Å²) in [6.07, 6.45) is 17.8. The highest BCUT2D eigenvalue weighted by Gasteiger charge is 2.18. The van der Waals surface area contributed by atoms with Crippen molar-refractivity contribution in [2.75, 3.05) is 6.61 Å². The molecular weight excluding hydrogens is 579 g/mol. The maximum absolute atomic E-state index is 14.7. The van der Waals surface area contributed by atoms with Crippen LogP contribution in [0.2, 0.25) is 0 Å². The van der Waals surface area contributed by atoms with Gasteiger partial charge in [-0.05, 0) is 73.7 Å². The van der Waals surface area contributed by atoms with Crippen LogP contribution in [0.25, 0.3) is 11.1 Å². The first kappa shape index (κ1) is 36.8. The predicted molar refractivity (Wildman–Crippen MR) is 184 cm³/mol. The quantitative estimate of drug-likeness (QED) is 0.0626. The van der Waals surface area contributed by atoms with E-state index in [1.54, 1.807) is 12.1 Å². The lowest BCUT2D eigenvalue weighted by molar-refractivity contribution is 0.0314. The van der Waals surface area contributed by atoms with Crippen molar-refractivity contribution in [3.63, 3.8) is 0 Å². The van der Waals surface area contributed by atoms with E-state index in [9.17, 15) is 14.0 Å². The number of halogens is 1. The van der Waals surface area contributed by atoms with E-state index in [-0.39, 0.29) is 17.4 Å². The van der Waals surface area contributed by atoms with Crippen molar-refractivity contribution in [3.05, 3.63) is 83.7 Å². The topological polar surface area (TPSA) is 61.8 Å². The Kier molecular flexibility index (Phi) is 16.9. The van der Waals surface area contributed by atoms with E-state index < -0.39 is 17.8 Å². The molecule has 0 saturated heterocycles. The molecule has 0 saturated carbocycles. The Labute approximate surface area is 275 Å². The van der Waals surface area contributed by atoms with Crippen molar-refractivity contribution in [2.45, 2.75) is 123 Å². The zero-order valence-electron chi connectivity index (χ0n) is 28.2. The second-order valence-electron chi connectivity index (χ2n) is 12.2. The fourth-order valence-corrected chi connectivity index (χ4v) is 5.38. The Morgan fingerprint density at radius 2 is 1.15 bits per heavy atom. The molecule has 1 atom stereocenters. The number of hydrogen-bond acceptors (Lipinski definition) is 5. The minimum absolute atomic E-state index is 0.0177. The number of hydrogen-bond donors (Lipinski definition) is 0. The van der Waals surface area contributed by atoms with Crippen molar-refractivity contribution in [3.8, 4) is 22.6 Å². The molecule has 250 valence electrons. The van der Waals surface area contributed by atoms with E-state index in [4.69, 9.17) is 14.2 Å². The number of esters is 2. The van der Waals surface area contributed by atoms with Crippen LogP contribution in [0.5, 0.6) is 11.5 Å². The number of benzene rings is 3. The summed E-state index contributed by atoms with van der Waals surface area (Å²) in [6.45, 7) is 6.93. The van der Waals surface area contributed by atoms with Crippen molar-refractivity contribution in [2.24, 2.45) is 0 Å². The van der Waals surface area contributed by atoms with Crippen molar-refractivity contribution in [1.82, 2.24) is 0 Å². The number of unbranched alkanes of at least 4 members (excludes halogenated alkanes) is 12. The minimum Gasteiger partial charge on any atom is -0.494 e. The number of ether oxygens (including phenoxy) is 3. The summed E-state index contributed by atoms with van der Waals surface area (Å²) in [5, 5.41) is 0. The normalized spacial score (nSPS) is 11.7. The Bertz CT molecular complexity index is 1300. The molecule has 6 heteroatoms. The highest BCUT2D eigenvalue weighted by Crippen LogP contribution is 2.25. The Hall–Kier alpha value is -3.67. The van der Waals surface area contributed by atoms with E-state index in [0.29, 0.717) is 5.56 Å². The van der Waals surface area contributed by atoms with Gasteiger partial charge in [-0.3, -0.25) is 0 Å². The van der Waals surface area contributed by atoms with Gasteiger partial charge >= 0.3 is 11.9 Å². The Morgan fingerprint density at radius 1 is 0.630 bits per heavy atom. The summed E-state index contributed by atoms with van der Waals surface area (Å²) in [4.78, 5) is 25.2. The monoisotopic (exact) mass is 632 g/mol. The van der Waals surface area contributed by atoms with E-state index in [0.717, 1.165) is 68.1 Å².